The number of rotatable bonds is 5. The molecular formula is C14H24N2OS. The van der Waals surface area contributed by atoms with Crippen molar-refractivity contribution in [3.05, 3.63) is 0 Å². The van der Waals surface area contributed by atoms with Crippen LogP contribution in [0.3, 0.4) is 0 Å². The monoisotopic (exact) mass is 268 g/mol. The fourth-order valence-electron chi connectivity index (χ4n) is 2.73. The van der Waals surface area contributed by atoms with Gasteiger partial charge in [0.2, 0.25) is 5.91 Å². The van der Waals surface area contributed by atoms with Gasteiger partial charge >= 0.3 is 0 Å². The fraction of sp³-hybridized carbons (Fsp3) is 0.857. The zero-order valence-electron chi connectivity index (χ0n) is 11.7. The second-order valence-electron chi connectivity index (χ2n) is 5.19. The van der Waals surface area contributed by atoms with Crippen molar-refractivity contribution in [1.82, 2.24) is 4.90 Å². The molecule has 1 unspecified atom stereocenters. The van der Waals surface area contributed by atoms with Gasteiger partial charge in [-0.25, -0.2) is 0 Å². The summed E-state index contributed by atoms with van der Waals surface area (Å²) in [7, 11) is 1.86. The summed E-state index contributed by atoms with van der Waals surface area (Å²) >= 11 is 1.76. The normalized spacial score (nSPS) is 19.9. The van der Waals surface area contributed by atoms with Crippen LogP contribution in [-0.4, -0.2) is 35.9 Å². The molecule has 18 heavy (non-hydrogen) atoms. The third kappa shape index (κ3) is 3.20. The molecule has 1 rings (SSSR count). The quantitative estimate of drug-likeness (QED) is 0.769. The van der Waals surface area contributed by atoms with E-state index in [1.165, 1.54) is 0 Å². The molecule has 3 nitrogen and oxygen atoms in total. The third-order valence-electron chi connectivity index (χ3n) is 4.03. The molecule has 1 amide bonds. The molecule has 1 saturated carbocycles. The maximum Gasteiger partial charge on any atom is 0.243 e. The summed E-state index contributed by atoms with van der Waals surface area (Å²) in [6.45, 7) is 2.10. The maximum atomic E-state index is 12.6. The Morgan fingerprint density at radius 1 is 1.44 bits per heavy atom. The van der Waals surface area contributed by atoms with Crippen molar-refractivity contribution in [1.29, 1.82) is 5.26 Å². The van der Waals surface area contributed by atoms with Crippen LogP contribution in [0.1, 0.15) is 45.4 Å². The molecule has 4 heteroatoms. The van der Waals surface area contributed by atoms with Gasteiger partial charge in [0.25, 0.3) is 0 Å². The molecule has 0 aromatic heterocycles. The van der Waals surface area contributed by atoms with Gasteiger partial charge in [0, 0.05) is 18.8 Å². The Bertz CT molecular complexity index is 318. The van der Waals surface area contributed by atoms with E-state index in [1.807, 2.05) is 11.9 Å². The van der Waals surface area contributed by atoms with Gasteiger partial charge in [0.15, 0.2) is 0 Å². The van der Waals surface area contributed by atoms with Crippen molar-refractivity contribution >= 4 is 17.7 Å². The van der Waals surface area contributed by atoms with Crippen LogP contribution >= 0.6 is 11.8 Å². The Morgan fingerprint density at radius 3 is 2.50 bits per heavy atom. The van der Waals surface area contributed by atoms with Gasteiger partial charge < -0.3 is 4.90 Å². The third-order valence-corrected chi connectivity index (χ3v) is 4.75. The lowest BCUT2D eigenvalue weighted by Gasteiger charge is -2.36. The zero-order chi connectivity index (χ0) is 13.6. The largest absolute Gasteiger partial charge is 0.341 e. The Morgan fingerprint density at radius 2 is 2.06 bits per heavy atom. The number of hydrogen-bond acceptors (Lipinski definition) is 3. The maximum absolute atomic E-state index is 12.6. The second kappa shape index (κ2) is 7.04. The van der Waals surface area contributed by atoms with E-state index in [0.29, 0.717) is 0 Å². The van der Waals surface area contributed by atoms with E-state index in [9.17, 15) is 10.1 Å². The van der Waals surface area contributed by atoms with Crippen LogP contribution in [0.5, 0.6) is 0 Å². The van der Waals surface area contributed by atoms with Gasteiger partial charge in [-0.2, -0.15) is 17.0 Å². The van der Waals surface area contributed by atoms with Crippen LogP contribution in [0.2, 0.25) is 0 Å². The van der Waals surface area contributed by atoms with Gasteiger partial charge in [0.05, 0.1) is 6.07 Å². The van der Waals surface area contributed by atoms with E-state index in [1.54, 1.807) is 11.8 Å². The summed E-state index contributed by atoms with van der Waals surface area (Å²) in [5.74, 6) is 0.992. The molecule has 0 N–H and O–H groups in total. The minimum Gasteiger partial charge on any atom is -0.341 e. The first-order valence-electron chi connectivity index (χ1n) is 6.78. The summed E-state index contributed by atoms with van der Waals surface area (Å²) in [4.78, 5) is 14.4. The van der Waals surface area contributed by atoms with Crippen LogP contribution in [0.15, 0.2) is 0 Å². The number of nitriles is 1. The van der Waals surface area contributed by atoms with Crippen LogP contribution in [-0.2, 0) is 4.79 Å². The molecule has 0 spiro atoms. The van der Waals surface area contributed by atoms with Crippen LogP contribution < -0.4 is 0 Å². The number of carbonyl (C=O) groups excluding carboxylic acids is 1. The van der Waals surface area contributed by atoms with Crippen molar-refractivity contribution in [2.45, 2.75) is 51.5 Å². The zero-order valence-corrected chi connectivity index (χ0v) is 12.6. The molecule has 0 aromatic carbocycles. The summed E-state index contributed by atoms with van der Waals surface area (Å²) in [5, 5.41) is 9.44. The molecule has 1 atom stereocenters. The molecule has 0 radical (unpaired) electrons. The van der Waals surface area contributed by atoms with Crippen molar-refractivity contribution in [3.8, 4) is 6.07 Å². The highest BCUT2D eigenvalue weighted by molar-refractivity contribution is 7.98. The first-order chi connectivity index (χ1) is 8.61. The Balaban J connectivity index is 2.80. The lowest BCUT2D eigenvalue weighted by atomic mass is 9.74. The van der Waals surface area contributed by atoms with E-state index in [0.717, 1.165) is 44.3 Å². The number of nitrogens with zero attached hydrogens (tertiary/aromatic N) is 2. The Hall–Kier alpha value is -0.690. The molecule has 1 aliphatic rings. The molecular weight excluding hydrogens is 244 g/mol. The van der Waals surface area contributed by atoms with Crippen molar-refractivity contribution in [2.75, 3.05) is 19.1 Å². The lowest BCUT2D eigenvalue weighted by molar-refractivity contribution is -0.141. The van der Waals surface area contributed by atoms with Crippen molar-refractivity contribution in [3.63, 3.8) is 0 Å². The number of hydrogen-bond donors (Lipinski definition) is 0. The molecule has 0 aliphatic heterocycles. The lowest BCUT2D eigenvalue weighted by Crippen LogP contribution is -2.47. The van der Waals surface area contributed by atoms with E-state index >= 15 is 0 Å². The minimum atomic E-state index is -0.737. The molecule has 0 aromatic rings. The van der Waals surface area contributed by atoms with Gasteiger partial charge in [0.1, 0.15) is 5.41 Å². The number of carbonyl (C=O) groups is 1. The first-order valence-corrected chi connectivity index (χ1v) is 8.18. The Kier molecular flexibility index (Phi) is 6.01. The molecule has 0 saturated heterocycles. The summed E-state index contributed by atoms with van der Waals surface area (Å²) in [5.41, 5.74) is -0.737. The summed E-state index contributed by atoms with van der Waals surface area (Å²) < 4.78 is 0. The van der Waals surface area contributed by atoms with E-state index in [-0.39, 0.29) is 11.9 Å². The SMILES string of the molecule is CCC(CSC)N(C)C(=O)C1(C#N)CCCCC1. The van der Waals surface area contributed by atoms with Crippen LogP contribution in [0.25, 0.3) is 0 Å². The van der Waals surface area contributed by atoms with Gasteiger partial charge in [-0.05, 0) is 25.5 Å². The van der Waals surface area contributed by atoms with E-state index in [2.05, 4.69) is 19.2 Å². The van der Waals surface area contributed by atoms with Crippen molar-refractivity contribution in [2.24, 2.45) is 5.41 Å². The molecule has 1 fully saturated rings. The highest BCUT2D eigenvalue weighted by Gasteiger charge is 2.42. The summed E-state index contributed by atoms with van der Waals surface area (Å²) in [6.07, 6.45) is 7.65. The van der Waals surface area contributed by atoms with E-state index in [4.69, 9.17) is 0 Å². The van der Waals surface area contributed by atoms with Crippen LogP contribution in [0.4, 0.5) is 0 Å². The molecule has 0 bridgehead atoms. The van der Waals surface area contributed by atoms with Gasteiger partial charge in [-0.3, -0.25) is 4.79 Å². The fourth-order valence-corrected chi connectivity index (χ4v) is 3.57. The second-order valence-corrected chi connectivity index (χ2v) is 6.10. The van der Waals surface area contributed by atoms with Gasteiger partial charge in [-0.1, -0.05) is 26.2 Å². The standard InChI is InChI=1S/C14H24N2OS/c1-4-12(10-18-3)16(2)13(17)14(11-15)8-6-5-7-9-14/h12H,4-10H2,1-3H3. The van der Waals surface area contributed by atoms with E-state index < -0.39 is 5.41 Å². The van der Waals surface area contributed by atoms with Crippen LogP contribution in [0, 0.1) is 16.7 Å². The molecule has 102 valence electrons. The highest BCUT2D eigenvalue weighted by atomic mass is 32.2. The molecule has 0 heterocycles. The van der Waals surface area contributed by atoms with Crippen molar-refractivity contribution < 1.29 is 4.79 Å². The predicted molar refractivity (Wildman–Crippen MR) is 76.4 cm³/mol. The first kappa shape index (κ1) is 15.4. The Labute approximate surface area is 115 Å². The smallest absolute Gasteiger partial charge is 0.243 e. The average molecular weight is 268 g/mol. The summed E-state index contributed by atoms with van der Waals surface area (Å²) in [6, 6.07) is 2.57. The predicted octanol–water partition coefficient (Wildman–Crippen LogP) is 3.06. The minimum absolute atomic E-state index is 0.0469. The average Bonchev–Trinajstić information content (AvgIpc) is 2.43. The number of thioether (sulfide) groups is 1. The molecule has 1 aliphatic carbocycles. The highest BCUT2D eigenvalue weighted by Crippen LogP contribution is 2.37. The topological polar surface area (TPSA) is 44.1 Å². The van der Waals surface area contributed by atoms with Gasteiger partial charge in [-0.15, -0.1) is 0 Å². The number of amides is 1.